The molecule has 70 valence electrons. The summed E-state index contributed by atoms with van der Waals surface area (Å²) in [4.78, 5) is 11.6. The third-order valence-electron chi connectivity index (χ3n) is 1.82. The molecule has 0 fully saturated rings. The van der Waals surface area contributed by atoms with E-state index in [1.807, 2.05) is 18.2 Å². The largest absolute Gasteiger partial charge is 0.320 e. The van der Waals surface area contributed by atoms with E-state index in [-0.39, 0.29) is 5.78 Å². The minimum absolute atomic E-state index is 0.0186. The summed E-state index contributed by atoms with van der Waals surface area (Å²) in [7, 11) is 1.78. The number of hydrogen-bond donors (Lipinski definition) is 2. The van der Waals surface area contributed by atoms with Crippen molar-refractivity contribution < 1.29 is 4.79 Å². The fourth-order valence-electron chi connectivity index (χ4n) is 1.13. The Morgan fingerprint density at radius 1 is 1.46 bits per heavy atom. The number of benzene rings is 1. The second-order valence-electron chi connectivity index (χ2n) is 2.89. The molecule has 0 aromatic heterocycles. The molecule has 0 aliphatic rings. The van der Waals surface area contributed by atoms with Crippen molar-refractivity contribution in [1.29, 1.82) is 0 Å². The molecule has 0 amide bonds. The van der Waals surface area contributed by atoms with Crippen LogP contribution in [0.15, 0.2) is 30.3 Å². The molecule has 1 atom stereocenters. The number of carbonyl (C=O) groups is 1. The topological polar surface area (TPSA) is 55.1 Å². The Kier molecular flexibility index (Phi) is 3.61. The Bertz CT molecular complexity index is 272. The highest BCUT2D eigenvalue weighted by atomic mass is 16.1. The van der Waals surface area contributed by atoms with Gasteiger partial charge in [0.2, 0.25) is 0 Å². The highest BCUT2D eigenvalue weighted by Gasteiger charge is 2.13. The van der Waals surface area contributed by atoms with Crippen LogP contribution in [0.2, 0.25) is 0 Å². The van der Waals surface area contributed by atoms with Crippen LogP contribution in [0.5, 0.6) is 0 Å². The van der Waals surface area contributed by atoms with Crippen LogP contribution in [-0.2, 0) is 0 Å². The summed E-state index contributed by atoms with van der Waals surface area (Å²) in [6, 6.07) is 8.64. The van der Waals surface area contributed by atoms with Crippen LogP contribution in [0.4, 0.5) is 0 Å². The van der Waals surface area contributed by atoms with Crippen LogP contribution >= 0.6 is 0 Å². The first-order valence-corrected chi connectivity index (χ1v) is 4.25. The van der Waals surface area contributed by atoms with E-state index < -0.39 is 6.04 Å². The van der Waals surface area contributed by atoms with E-state index in [2.05, 4.69) is 5.32 Å². The summed E-state index contributed by atoms with van der Waals surface area (Å²) in [5.74, 6) is -0.0186. The number of ketones is 1. The van der Waals surface area contributed by atoms with Crippen molar-refractivity contribution in [2.24, 2.45) is 5.73 Å². The monoisotopic (exact) mass is 178 g/mol. The molecular weight excluding hydrogens is 164 g/mol. The van der Waals surface area contributed by atoms with Gasteiger partial charge in [0.1, 0.15) is 0 Å². The minimum Gasteiger partial charge on any atom is -0.320 e. The molecule has 0 spiro atoms. The first-order valence-electron chi connectivity index (χ1n) is 4.25. The zero-order chi connectivity index (χ0) is 9.68. The Morgan fingerprint density at radius 2 is 2.08 bits per heavy atom. The molecule has 3 heteroatoms. The van der Waals surface area contributed by atoms with Gasteiger partial charge < -0.3 is 11.1 Å². The SMILES string of the molecule is CNCC(N)C(=O)c1ccccc1. The second kappa shape index (κ2) is 4.74. The Balaban J connectivity index is 2.68. The smallest absolute Gasteiger partial charge is 0.180 e. The molecule has 1 rings (SSSR count). The van der Waals surface area contributed by atoms with Crippen molar-refractivity contribution in [3.63, 3.8) is 0 Å². The third kappa shape index (κ3) is 2.65. The van der Waals surface area contributed by atoms with E-state index in [1.165, 1.54) is 0 Å². The standard InChI is InChI=1S/C10H14N2O/c1-12-7-9(11)10(13)8-5-3-2-4-6-8/h2-6,9,12H,7,11H2,1H3. The highest BCUT2D eigenvalue weighted by molar-refractivity contribution is 6.00. The molecule has 3 N–H and O–H groups in total. The lowest BCUT2D eigenvalue weighted by molar-refractivity contribution is 0.0961. The van der Waals surface area contributed by atoms with E-state index in [0.717, 1.165) is 0 Å². The summed E-state index contributed by atoms with van der Waals surface area (Å²) < 4.78 is 0. The van der Waals surface area contributed by atoms with Crippen molar-refractivity contribution >= 4 is 5.78 Å². The lowest BCUT2D eigenvalue weighted by Gasteiger charge is -2.08. The number of rotatable bonds is 4. The summed E-state index contributed by atoms with van der Waals surface area (Å²) in [6.07, 6.45) is 0. The molecule has 1 aromatic carbocycles. The first kappa shape index (κ1) is 9.89. The minimum atomic E-state index is -0.451. The van der Waals surface area contributed by atoms with Crippen molar-refractivity contribution in [2.45, 2.75) is 6.04 Å². The van der Waals surface area contributed by atoms with Crippen molar-refractivity contribution in [3.05, 3.63) is 35.9 Å². The molecule has 0 heterocycles. The molecule has 0 saturated carbocycles. The van der Waals surface area contributed by atoms with E-state index in [9.17, 15) is 4.79 Å². The van der Waals surface area contributed by atoms with E-state index in [1.54, 1.807) is 19.2 Å². The molecule has 0 aliphatic carbocycles. The third-order valence-corrected chi connectivity index (χ3v) is 1.82. The molecule has 0 bridgehead atoms. The van der Waals surface area contributed by atoms with E-state index >= 15 is 0 Å². The fraction of sp³-hybridized carbons (Fsp3) is 0.300. The van der Waals surface area contributed by atoms with Gasteiger partial charge in [0.05, 0.1) is 6.04 Å². The molecule has 0 radical (unpaired) electrons. The van der Waals surface area contributed by atoms with E-state index in [4.69, 9.17) is 5.73 Å². The maximum Gasteiger partial charge on any atom is 0.180 e. The van der Waals surface area contributed by atoms with E-state index in [0.29, 0.717) is 12.1 Å². The molecule has 3 nitrogen and oxygen atoms in total. The zero-order valence-corrected chi connectivity index (χ0v) is 7.66. The van der Waals surface area contributed by atoms with Gasteiger partial charge in [-0.25, -0.2) is 0 Å². The van der Waals surface area contributed by atoms with Crippen LogP contribution in [0.25, 0.3) is 0 Å². The quantitative estimate of drug-likeness (QED) is 0.657. The number of carbonyl (C=O) groups excluding carboxylic acids is 1. The van der Waals surface area contributed by atoms with Crippen molar-refractivity contribution in [3.8, 4) is 0 Å². The van der Waals surface area contributed by atoms with Crippen LogP contribution in [-0.4, -0.2) is 25.4 Å². The van der Waals surface area contributed by atoms with Gasteiger partial charge in [0, 0.05) is 12.1 Å². The highest BCUT2D eigenvalue weighted by Crippen LogP contribution is 2.01. The van der Waals surface area contributed by atoms with Gasteiger partial charge in [0.25, 0.3) is 0 Å². The lowest BCUT2D eigenvalue weighted by atomic mass is 10.1. The zero-order valence-electron chi connectivity index (χ0n) is 7.66. The number of nitrogens with one attached hydrogen (secondary N) is 1. The maximum atomic E-state index is 11.6. The average Bonchev–Trinajstić information content (AvgIpc) is 2.18. The molecule has 0 aliphatic heterocycles. The van der Waals surface area contributed by atoms with Gasteiger partial charge in [-0.3, -0.25) is 4.79 Å². The van der Waals surface area contributed by atoms with Crippen molar-refractivity contribution in [1.82, 2.24) is 5.32 Å². The molecule has 13 heavy (non-hydrogen) atoms. The molecule has 0 saturated heterocycles. The Hall–Kier alpha value is -1.19. The van der Waals surface area contributed by atoms with Gasteiger partial charge >= 0.3 is 0 Å². The van der Waals surface area contributed by atoms with Crippen LogP contribution < -0.4 is 11.1 Å². The van der Waals surface area contributed by atoms with Gasteiger partial charge in [-0.1, -0.05) is 30.3 Å². The van der Waals surface area contributed by atoms with Gasteiger partial charge in [0.15, 0.2) is 5.78 Å². The van der Waals surface area contributed by atoms with Crippen LogP contribution in [0.3, 0.4) is 0 Å². The normalized spacial score (nSPS) is 12.5. The summed E-state index contributed by atoms with van der Waals surface area (Å²) in [5, 5.41) is 2.87. The number of nitrogens with two attached hydrogens (primary N) is 1. The lowest BCUT2D eigenvalue weighted by Crippen LogP contribution is -2.39. The predicted octanol–water partition coefficient (Wildman–Crippen LogP) is 0.416. The number of Topliss-reactive ketones (excluding diaryl/α,β-unsaturated/α-hetero) is 1. The van der Waals surface area contributed by atoms with Crippen molar-refractivity contribution in [2.75, 3.05) is 13.6 Å². The van der Waals surface area contributed by atoms with Crippen LogP contribution in [0, 0.1) is 0 Å². The molecule has 1 aromatic rings. The number of hydrogen-bond acceptors (Lipinski definition) is 3. The first-order chi connectivity index (χ1) is 6.25. The van der Waals surface area contributed by atoms with Gasteiger partial charge in [-0.15, -0.1) is 0 Å². The fourth-order valence-corrected chi connectivity index (χ4v) is 1.13. The maximum absolute atomic E-state index is 11.6. The van der Waals surface area contributed by atoms with Gasteiger partial charge in [-0.2, -0.15) is 0 Å². The average molecular weight is 178 g/mol. The summed E-state index contributed by atoms with van der Waals surface area (Å²) in [6.45, 7) is 0.508. The number of likely N-dealkylation sites (N-methyl/N-ethyl adjacent to an activating group) is 1. The summed E-state index contributed by atoms with van der Waals surface area (Å²) in [5.41, 5.74) is 6.32. The predicted molar refractivity (Wildman–Crippen MR) is 52.7 cm³/mol. The molecule has 1 unspecified atom stereocenters. The molecular formula is C10H14N2O. The van der Waals surface area contributed by atoms with Gasteiger partial charge in [-0.05, 0) is 7.05 Å². The Morgan fingerprint density at radius 3 is 2.62 bits per heavy atom. The summed E-state index contributed by atoms with van der Waals surface area (Å²) >= 11 is 0. The van der Waals surface area contributed by atoms with Crippen LogP contribution in [0.1, 0.15) is 10.4 Å². The Labute approximate surface area is 77.9 Å². The second-order valence-corrected chi connectivity index (χ2v) is 2.89.